The standard InChI is InChI=1S/C36H33BN2/c1-22-20-29-31-30(21-22)39-34-26(35(3)18-8-9-19-36(35,39)4)15-11-17-28(34)37(31)27-16-10-14-25-23(2)32(38(29)33(25)27)24-12-6-5-7-13-24/h5-7,10-17,20-21H,8-9,18-19H2,1-4H3. The fourth-order valence-corrected chi connectivity index (χ4v) is 9.24. The molecule has 5 aromatic rings. The van der Waals surface area contributed by atoms with Crippen LogP contribution in [-0.2, 0) is 5.41 Å². The van der Waals surface area contributed by atoms with Crippen molar-refractivity contribution in [2.45, 2.75) is 64.3 Å². The van der Waals surface area contributed by atoms with Crippen LogP contribution in [0, 0.1) is 13.8 Å². The fraction of sp³-hybridized carbons (Fsp3) is 0.278. The van der Waals surface area contributed by atoms with Crippen LogP contribution >= 0.6 is 0 Å². The van der Waals surface area contributed by atoms with Crippen LogP contribution in [0.3, 0.4) is 0 Å². The van der Waals surface area contributed by atoms with Crippen molar-refractivity contribution >= 4 is 45.4 Å². The van der Waals surface area contributed by atoms with Crippen molar-refractivity contribution in [3.63, 3.8) is 0 Å². The molecular weight excluding hydrogens is 471 g/mol. The van der Waals surface area contributed by atoms with Gasteiger partial charge in [-0.1, -0.05) is 86.5 Å². The average molecular weight is 504 g/mol. The minimum atomic E-state index is 0.0807. The number of hydrogen-bond acceptors (Lipinski definition) is 1. The van der Waals surface area contributed by atoms with E-state index in [0.29, 0.717) is 0 Å². The maximum Gasteiger partial charge on any atom is 0.252 e. The lowest BCUT2D eigenvalue weighted by atomic mass is 9.33. The first-order valence-electron chi connectivity index (χ1n) is 14.7. The number of para-hydroxylation sites is 2. The van der Waals surface area contributed by atoms with Crippen molar-refractivity contribution in [3.8, 4) is 16.9 Å². The van der Waals surface area contributed by atoms with Gasteiger partial charge in [0.25, 0.3) is 6.71 Å². The molecule has 0 bridgehead atoms. The molecule has 0 N–H and O–H groups in total. The summed E-state index contributed by atoms with van der Waals surface area (Å²) in [5.41, 5.74) is 17.3. The van der Waals surface area contributed by atoms with Crippen LogP contribution in [0.4, 0.5) is 11.4 Å². The van der Waals surface area contributed by atoms with Crippen LogP contribution in [-0.4, -0.2) is 16.8 Å². The number of benzene rings is 4. The summed E-state index contributed by atoms with van der Waals surface area (Å²) in [4.78, 5) is 2.82. The van der Waals surface area contributed by atoms with Crippen LogP contribution in [0.5, 0.6) is 0 Å². The van der Waals surface area contributed by atoms with Crippen molar-refractivity contribution in [3.05, 3.63) is 95.6 Å². The van der Waals surface area contributed by atoms with Crippen molar-refractivity contribution in [2.24, 2.45) is 0 Å². The third-order valence-corrected chi connectivity index (χ3v) is 11.2. The van der Waals surface area contributed by atoms with Gasteiger partial charge in [-0.2, -0.15) is 0 Å². The predicted octanol–water partition coefficient (Wildman–Crippen LogP) is 6.80. The molecule has 9 rings (SSSR count). The lowest BCUT2D eigenvalue weighted by Crippen LogP contribution is -2.64. The summed E-state index contributed by atoms with van der Waals surface area (Å²) in [6.45, 7) is 9.99. The highest BCUT2D eigenvalue weighted by Crippen LogP contribution is 2.61. The van der Waals surface area contributed by atoms with Crippen LogP contribution in [0.25, 0.3) is 27.8 Å². The molecule has 2 unspecified atom stereocenters. The van der Waals surface area contributed by atoms with E-state index in [1.54, 1.807) is 5.56 Å². The minimum absolute atomic E-state index is 0.0807. The molecular formula is C36H33BN2. The van der Waals surface area contributed by atoms with E-state index in [2.05, 4.69) is 116 Å². The second kappa shape index (κ2) is 7.07. The molecule has 0 radical (unpaired) electrons. The van der Waals surface area contributed by atoms with Gasteiger partial charge in [-0.3, -0.25) is 0 Å². The van der Waals surface area contributed by atoms with Gasteiger partial charge < -0.3 is 9.47 Å². The van der Waals surface area contributed by atoms with Crippen molar-refractivity contribution < 1.29 is 0 Å². The molecule has 0 saturated heterocycles. The first kappa shape index (κ1) is 22.1. The summed E-state index contributed by atoms with van der Waals surface area (Å²) < 4.78 is 2.62. The third kappa shape index (κ3) is 2.39. The average Bonchev–Trinajstić information content (AvgIpc) is 3.36. The summed E-state index contributed by atoms with van der Waals surface area (Å²) in [6.07, 6.45) is 5.14. The first-order chi connectivity index (χ1) is 18.9. The zero-order chi connectivity index (χ0) is 26.3. The zero-order valence-corrected chi connectivity index (χ0v) is 23.3. The second-order valence-corrected chi connectivity index (χ2v) is 13.0. The first-order valence-corrected chi connectivity index (χ1v) is 14.7. The molecule has 4 aliphatic rings. The number of anilines is 2. The molecule has 4 heterocycles. The Bertz CT molecular complexity index is 1880. The van der Waals surface area contributed by atoms with E-state index in [1.807, 2.05) is 0 Å². The number of hydrogen-bond donors (Lipinski definition) is 0. The van der Waals surface area contributed by atoms with Crippen molar-refractivity contribution in [2.75, 3.05) is 4.90 Å². The highest BCUT2D eigenvalue weighted by atomic mass is 15.3. The molecule has 0 spiro atoms. The molecule has 1 fully saturated rings. The molecule has 3 heteroatoms. The van der Waals surface area contributed by atoms with Gasteiger partial charge in [-0.25, -0.2) is 0 Å². The van der Waals surface area contributed by atoms with E-state index in [-0.39, 0.29) is 17.7 Å². The van der Waals surface area contributed by atoms with Gasteiger partial charge in [0.15, 0.2) is 0 Å². The Hall–Kier alpha value is -3.72. The molecule has 3 aliphatic heterocycles. The van der Waals surface area contributed by atoms with Gasteiger partial charge >= 0.3 is 0 Å². The molecule has 1 saturated carbocycles. The summed E-state index contributed by atoms with van der Waals surface area (Å²) in [7, 11) is 0. The third-order valence-electron chi connectivity index (χ3n) is 11.2. The zero-order valence-electron chi connectivity index (χ0n) is 23.3. The lowest BCUT2D eigenvalue weighted by molar-refractivity contribution is 0.195. The van der Waals surface area contributed by atoms with Gasteiger partial charge in [0, 0.05) is 33.4 Å². The number of aryl methyl sites for hydroxylation is 2. The normalized spacial score (nSPS) is 23.6. The van der Waals surface area contributed by atoms with Crippen molar-refractivity contribution in [1.82, 2.24) is 4.57 Å². The maximum absolute atomic E-state index is 2.82. The van der Waals surface area contributed by atoms with Gasteiger partial charge in [0.1, 0.15) is 0 Å². The molecule has 2 nitrogen and oxygen atoms in total. The number of rotatable bonds is 1. The lowest BCUT2D eigenvalue weighted by Gasteiger charge is -2.52. The van der Waals surface area contributed by atoms with Gasteiger partial charge in [-0.05, 0) is 84.4 Å². The minimum Gasteiger partial charge on any atom is -0.335 e. The Morgan fingerprint density at radius 3 is 2.36 bits per heavy atom. The Morgan fingerprint density at radius 1 is 0.769 bits per heavy atom. The monoisotopic (exact) mass is 504 g/mol. The van der Waals surface area contributed by atoms with Crippen LogP contribution in [0.2, 0.25) is 0 Å². The molecule has 0 amide bonds. The summed E-state index contributed by atoms with van der Waals surface area (Å²) in [5.74, 6) is 0. The molecule has 39 heavy (non-hydrogen) atoms. The molecule has 2 atom stereocenters. The smallest absolute Gasteiger partial charge is 0.252 e. The van der Waals surface area contributed by atoms with E-state index in [4.69, 9.17) is 0 Å². The van der Waals surface area contributed by atoms with E-state index in [1.165, 1.54) is 92.4 Å². The Morgan fingerprint density at radius 2 is 1.51 bits per heavy atom. The molecule has 1 aromatic heterocycles. The topological polar surface area (TPSA) is 8.17 Å². The van der Waals surface area contributed by atoms with E-state index in [0.717, 1.165) is 0 Å². The second-order valence-electron chi connectivity index (χ2n) is 13.0. The summed E-state index contributed by atoms with van der Waals surface area (Å²) in [5, 5.41) is 1.38. The highest BCUT2D eigenvalue weighted by molar-refractivity contribution is 7.00. The molecule has 4 aromatic carbocycles. The van der Waals surface area contributed by atoms with Crippen molar-refractivity contribution in [1.29, 1.82) is 0 Å². The Balaban J connectivity index is 1.47. The van der Waals surface area contributed by atoms with E-state index >= 15 is 0 Å². The number of fused-ring (bicyclic) bond motifs is 7. The van der Waals surface area contributed by atoms with Crippen LogP contribution < -0.4 is 21.3 Å². The predicted molar refractivity (Wildman–Crippen MR) is 166 cm³/mol. The number of aromatic nitrogens is 1. The van der Waals surface area contributed by atoms with Crippen LogP contribution in [0.1, 0.15) is 56.2 Å². The number of nitrogens with zero attached hydrogens (tertiary/aromatic N) is 2. The highest BCUT2D eigenvalue weighted by Gasteiger charge is 2.61. The summed E-state index contributed by atoms with van der Waals surface area (Å²) >= 11 is 0. The summed E-state index contributed by atoms with van der Waals surface area (Å²) in [6, 6.07) is 30.2. The Kier molecular flexibility index (Phi) is 4.01. The molecule has 190 valence electrons. The molecule has 1 aliphatic carbocycles. The van der Waals surface area contributed by atoms with Gasteiger partial charge in [-0.15, -0.1) is 0 Å². The fourth-order valence-electron chi connectivity index (χ4n) is 9.24. The Labute approximate surface area is 231 Å². The van der Waals surface area contributed by atoms with E-state index < -0.39 is 0 Å². The quantitative estimate of drug-likeness (QED) is 0.224. The van der Waals surface area contributed by atoms with E-state index in [9.17, 15) is 0 Å². The maximum atomic E-state index is 2.82. The van der Waals surface area contributed by atoms with Crippen LogP contribution in [0.15, 0.2) is 78.9 Å². The van der Waals surface area contributed by atoms with Gasteiger partial charge in [0.2, 0.25) is 0 Å². The largest absolute Gasteiger partial charge is 0.335 e. The van der Waals surface area contributed by atoms with Gasteiger partial charge in [0.05, 0.1) is 11.2 Å². The SMILES string of the molecule is Cc1cc2c3c(c1)-n1c(-c4ccccc4)c(C)c4cccc(c41)B3c1cccc3c1N2C1(C)CCCCC31C.